The maximum absolute atomic E-state index is 13.1. The van der Waals surface area contributed by atoms with Gasteiger partial charge in [-0.05, 0) is 42.4 Å². The molecule has 0 radical (unpaired) electrons. The minimum atomic E-state index is -2.25. The molecule has 2 aliphatic carbocycles. The molecule has 0 aromatic heterocycles. The minimum absolute atomic E-state index is 0. The summed E-state index contributed by atoms with van der Waals surface area (Å²) < 4.78 is 0. The largest absolute Gasteiger partial charge is 0.387 e. The van der Waals surface area contributed by atoms with Gasteiger partial charge >= 0.3 is 0 Å². The quantitative estimate of drug-likeness (QED) is 0.521. The van der Waals surface area contributed by atoms with Gasteiger partial charge in [-0.15, -0.1) is 19.0 Å². The number of halogens is 1. The predicted molar refractivity (Wildman–Crippen MR) is 101 cm³/mol. The monoisotopic (exact) mass is 374 g/mol. The number of carbonyl (C=O) groups is 1. The van der Waals surface area contributed by atoms with E-state index in [9.17, 15) is 20.1 Å². The Balaban J connectivity index is 0.00000312. The van der Waals surface area contributed by atoms with Crippen molar-refractivity contribution >= 4 is 18.2 Å². The molecule has 0 aromatic carbocycles. The fourth-order valence-corrected chi connectivity index (χ4v) is 5.71. The van der Waals surface area contributed by atoms with Gasteiger partial charge in [-0.1, -0.05) is 40.7 Å². The fraction of sp³-hybridized carbons (Fsp3) is 0.850. The number of rotatable bonds is 4. The van der Waals surface area contributed by atoms with Crippen LogP contribution in [0.15, 0.2) is 12.7 Å². The molecule has 0 aliphatic heterocycles. The molecule has 0 bridgehead atoms. The maximum Gasteiger partial charge on any atom is 0.195 e. The first-order valence-corrected chi connectivity index (χ1v) is 9.17. The Hall–Kier alpha value is -0.420. The van der Waals surface area contributed by atoms with E-state index >= 15 is 0 Å². The number of fused-ring (bicyclic) bond motifs is 1. The van der Waals surface area contributed by atoms with E-state index in [1.165, 1.54) is 0 Å². The van der Waals surface area contributed by atoms with Crippen LogP contribution in [0.25, 0.3) is 0 Å². The lowest BCUT2D eigenvalue weighted by Gasteiger charge is -2.64. The summed E-state index contributed by atoms with van der Waals surface area (Å²) in [4.78, 5) is 13.1. The van der Waals surface area contributed by atoms with Crippen molar-refractivity contribution in [2.45, 2.75) is 72.2 Å². The Kier molecular flexibility index (Phi) is 6.61. The van der Waals surface area contributed by atoms with Gasteiger partial charge in [0.15, 0.2) is 5.79 Å². The Labute approximate surface area is 158 Å². The molecule has 0 amide bonds. The normalized spacial score (nSPS) is 40.3. The number of hydrogen-bond acceptors (Lipinski definition) is 4. The Morgan fingerprint density at radius 2 is 1.84 bits per heavy atom. The average molecular weight is 375 g/mol. The molecular weight excluding hydrogens is 340 g/mol. The van der Waals surface area contributed by atoms with Gasteiger partial charge in [0.25, 0.3) is 0 Å². The highest BCUT2D eigenvalue weighted by molar-refractivity contribution is 5.85. The van der Waals surface area contributed by atoms with E-state index in [0.717, 1.165) is 12.8 Å². The van der Waals surface area contributed by atoms with Crippen molar-refractivity contribution in [1.29, 1.82) is 0 Å². The SMILES string of the molecule is C=C[C@@H](C)CC(=O)[C@H]1[C@@H](C)CC[C@H]2C(C)(C)CC(O)C(O)(O)[C@]12C.Cl. The summed E-state index contributed by atoms with van der Waals surface area (Å²) in [6.07, 6.45) is 2.95. The Morgan fingerprint density at radius 3 is 2.36 bits per heavy atom. The number of aliphatic hydroxyl groups is 3. The highest BCUT2D eigenvalue weighted by Crippen LogP contribution is 2.64. The lowest BCUT2D eigenvalue weighted by atomic mass is 9.43. The standard InChI is InChI=1S/C20H34O4.ClH/c1-7-12(2)10-14(21)17-13(3)8-9-15-18(4,5)11-16(22)20(23,24)19(15,17)6;/h7,12-13,15-17,22-24H,1,8-11H2,2-6H3;1H/t12-,13+,15+,16?,17-,19+;/m1./s1. The second-order valence-corrected chi connectivity index (χ2v) is 9.19. The van der Waals surface area contributed by atoms with E-state index in [-0.39, 0.29) is 41.4 Å². The highest BCUT2D eigenvalue weighted by atomic mass is 35.5. The van der Waals surface area contributed by atoms with Crippen molar-refractivity contribution < 1.29 is 20.1 Å². The van der Waals surface area contributed by atoms with Crippen LogP contribution in [0.5, 0.6) is 0 Å². The third-order valence-electron chi connectivity index (χ3n) is 7.04. The zero-order valence-corrected chi connectivity index (χ0v) is 17.0. The third kappa shape index (κ3) is 3.43. The van der Waals surface area contributed by atoms with E-state index in [0.29, 0.717) is 12.8 Å². The highest BCUT2D eigenvalue weighted by Gasteiger charge is 2.68. The Morgan fingerprint density at radius 1 is 1.28 bits per heavy atom. The van der Waals surface area contributed by atoms with Crippen molar-refractivity contribution in [1.82, 2.24) is 0 Å². The topological polar surface area (TPSA) is 77.8 Å². The molecule has 0 heterocycles. The zero-order valence-electron chi connectivity index (χ0n) is 16.2. The van der Waals surface area contributed by atoms with Crippen molar-refractivity contribution in [3.63, 3.8) is 0 Å². The fourth-order valence-electron chi connectivity index (χ4n) is 5.71. The second kappa shape index (κ2) is 7.30. The first kappa shape index (κ1) is 22.6. The van der Waals surface area contributed by atoms with Crippen LogP contribution in [0.3, 0.4) is 0 Å². The van der Waals surface area contributed by atoms with Crippen LogP contribution in [-0.2, 0) is 4.79 Å². The number of carbonyl (C=O) groups excluding carboxylic acids is 1. The molecule has 2 aliphatic rings. The molecule has 2 saturated carbocycles. The van der Waals surface area contributed by atoms with E-state index in [2.05, 4.69) is 20.4 Å². The molecule has 5 heteroatoms. The molecule has 0 saturated heterocycles. The maximum atomic E-state index is 13.1. The summed E-state index contributed by atoms with van der Waals surface area (Å²) in [5, 5.41) is 32.2. The molecule has 146 valence electrons. The summed E-state index contributed by atoms with van der Waals surface area (Å²) in [6, 6.07) is 0. The molecule has 0 spiro atoms. The van der Waals surface area contributed by atoms with E-state index < -0.39 is 23.2 Å². The van der Waals surface area contributed by atoms with E-state index in [1.54, 1.807) is 13.0 Å². The van der Waals surface area contributed by atoms with Crippen LogP contribution in [0.2, 0.25) is 0 Å². The predicted octanol–water partition coefficient (Wildman–Crippen LogP) is 3.33. The molecule has 1 unspecified atom stereocenters. The molecule has 6 atom stereocenters. The van der Waals surface area contributed by atoms with Crippen LogP contribution in [0.1, 0.15) is 60.3 Å². The van der Waals surface area contributed by atoms with Gasteiger partial charge in [0.2, 0.25) is 0 Å². The van der Waals surface area contributed by atoms with Crippen LogP contribution in [0, 0.1) is 34.5 Å². The summed E-state index contributed by atoms with van der Waals surface area (Å²) >= 11 is 0. The second-order valence-electron chi connectivity index (χ2n) is 9.19. The van der Waals surface area contributed by atoms with Gasteiger partial charge in [-0.2, -0.15) is 0 Å². The van der Waals surface area contributed by atoms with Crippen LogP contribution in [0.4, 0.5) is 0 Å². The molecule has 2 fully saturated rings. The van der Waals surface area contributed by atoms with Crippen LogP contribution < -0.4 is 0 Å². The first-order chi connectivity index (χ1) is 10.9. The van der Waals surface area contributed by atoms with Gasteiger partial charge in [0.05, 0.1) is 0 Å². The summed E-state index contributed by atoms with van der Waals surface area (Å²) in [5.74, 6) is -2.56. The van der Waals surface area contributed by atoms with E-state index in [4.69, 9.17) is 0 Å². The van der Waals surface area contributed by atoms with Gasteiger partial charge < -0.3 is 15.3 Å². The lowest BCUT2D eigenvalue weighted by molar-refractivity contribution is -0.356. The van der Waals surface area contributed by atoms with Crippen molar-refractivity contribution in [3.8, 4) is 0 Å². The smallest absolute Gasteiger partial charge is 0.195 e. The third-order valence-corrected chi connectivity index (χ3v) is 7.04. The molecule has 0 aromatic rings. The summed E-state index contributed by atoms with van der Waals surface area (Å²) in [6.45, 7) is 13.7. The molecule has 4 nitrogen and oxygen atoms in total. The van der Waals surface area contributed by atoms with Gasteiger partial charge in [0, 0.05) is 17.8 Å². The number of hydrogen-bond donors (Lipinski definition) is 3. The van der Waals surface area contributed by atoms with Crippen molar-refractivity contribution in [3.05, 3.63) is 12.7 Å². The summed E-state index contributed by atoms with van der Waals surface area (Å²) in [5.41, 5.74) is -1.30. The number of Topliss-reactive ketones (excluding diaryl/α,β-unsaturated/α-hetero) is 1. The minimum Gasteiger partial charge on any atom is -0.387 e. The molecule has 3 N–H and O–H groups in total. The van der Waals surface area contributed by atoms with Crippen molar-refractivity contribution in [2.24, 2.45) is 34.5 Å². The van der Waals surface area contributed by atoms with Crippen molar-refractivity contribution in [2.75, 3.05) is 0 Å². The number of aliphatic hydroxyl groups excluding tert-OH is 1. The zero-order chi connectivity index (χ0) is 18.5. The average Bonchev–Trinajstić information content (AvgIpc) is 2.44. The number of ketones is 1. The first-order valence-electron chi connectivity index (χ1n) is 9.17. The van der Waals surface area contributed by atoms with Crippen LogP contribution in [-0.4, -0.2) is 33.0 Å². The number of allylic oxidation sites excluding steroid dienone is 1. The van der Waals surface area contributed by atoms with Crippen LogP contribution >= 0.6 is 12.4 Å². The molecule has 25 heavy (non-hydrogen) atoms. The van der Waals surface area contributed by atoms with Gasteiger partial charge in [0.1, 0.15) is 11.9 Å². The Bertz CT molecular complexity index is 516. The van der Waals surface area contributed by atoms with E-state index in [1.807, 2.05) is 13.8 Å². The summed E-state index contributed by atoms with van der Waals surface area (Å²) in [7, 11) is 0. The molecular formula is C20H35ClO4. The van der Waals surface area contributed by atoms with Gasteiger partial charge in [-0.3, -0.25) is 4.79 Å². The van der Waals surface area contributed by atoms with Gasteiger partial charge in [-0.25, -0.2) is 0 Å². The molecule has 2 rings (SSSR count). The lowest BCUT2D eigenvalue weighted by Crippen LogP contribution is -2.71.